The molecule has 96 valence electrons. The predicted octanol–water partition coefficient (Wildman–Crippen LogP) is 4.37. The number of benzene rings is 1. The van der Waals surface area contributed by atoms with Gasteiger partial charge in [0.2, 0.25) is 0 Å². The Labute approximate surface area is 113 Å². The van der Waals surface area contributed by atoms with Crippen LogP contribution in [-0.4, -0.2) is 18.8 Å². The summed E-state index contributed by atoms with van der Waals surface area (Å²) in [5, 5.41) is 3.51. The second-order valence-corrected chi connectivity index (χ2v) is 6.05. The first kappa shape index (κ1) is 14.5. The van der Waals surface area contributed by atoms with E-state index in [1.54, 1.807) is 7.11 Å². The first-order valence-corrected chi connectivity index (χ1v) is 6.71. The van der Waals surface area contributed by atoms with Gasteiger partial charge in [-0.15, -0.1) is 0 Å². The molecule has 17 heavy (non-hydrogen) atoms. The molecule has 1 N–H and O–H groups in total. The Morgan fingerprint density at radius 1 is 1.41 bits per heavy atom. The molecule has 0 fully saturated rings. The van der Waals surface area contributed by atoms with Crippen molar-refractivity contribution in [3.8, 4) is 0 Å². The van der Waals surface area contributed by atoms with Crippen LogP contribution in [0.5, 0.6) is 0 Å². The number of anilines is 1. The second kappa shape index (κ2) is 5.87. The molecular weight excluding hydrogens is 278 g/mol. The number of halogens is 1. The summed E-state index contributed by atoms with van der Waals surface area (Å²) in [7, 11) is 1.76. The van der Waals surface area contributed by atoms with E-state index in [-0.39, 0.29) is 5.60 Å². The van der Waals surface area contributed by atoms with E-state index in [0.717, 1.165) is 16.6 Å². The van der Waals surface area contributed by atoms with Crippen molar-refractivity contribution in [3.63, 3.8) is 0 Å². The maximum atomic E-state index is 5.45. The maximum Gasteiger partial charge on any atom is 0.0642 e. The Hall–Kier alpha value is -0.540. The van der Waals surface area contributed by atoms with E-state index in [0.29, 0.717) is 6.04 Å². The van der Waals surface area contributed by atoms with E-state index in [9.17, 15) is 0 Å². The van der Waals surface area contributed by atoms with Crippen molar-refractivity contribution in [2.45, 2.75) is 45.8 Å². The lowest BCUT2D eigenvalue weighted by Crippen LogP contribution is -2.31. The Morgan fingerprint density at radius 2 is 2.06 bits per heavy atom. The lowest BCUT2D eigenvalue weighted by Gasteiger charge is -2.28. The van der Waals surface area contributed by atoms with Crippen molar-refractivity contribution in [3.05, 3.63) is 28.2 Å². The van der Waals surface area contributed by atoms with Gasteiger partial charge < -0.3 is 10.1 Å². The molecule has 0 amide bonds. The highest BCUT2D eigenvalue weighted by Crippen LogP contribution is 2.26. The van der Waals surface area contributed by atoms with E-state index in [1.807, 2.05) is 0 Å². The quantitative estimate of drug-likeness (QED) is 0.871. The Morgan fingerprint density at radius 3 is 2.65 bits per heavy atom. The second-order valence-electron chi connectivity index (χ2n) is 5.20. The zero-order valence-corrected chi connectivity index (χ0v) is 12.9. The van der Waals surface area contributed by atoms with Gasteiger partial charge in [-0.2, -0.15) is 0 Å². The summed E-state index contributed by atoms with van der Waals surface area (Å²) >= 11 is 3.56. The molecule has 0 heterocycles. The van der Waals surface area contributed by atoms with Crippen LogP contribution in [0.4, 0.5) is 5.69 Å². The lowest BCUT2D eigenvalue weighted by molar-refractivity contribution is 0.0128. The number of hydrogen-bond acceptors (Lipinski definition) is 2. The third-order valence-electron chi connectivity index (χ3n) is 2.87. The van der Waals surface area contributed by atoms with E-state index < -0.39 is 0 Å². The van der Waals surface area contributed by atoms with Gasteiger partial charge in [-0.05, 0) is 67.7 Å². The van der Waals surface area contributed by atoms with Gasteiger partial charge >= 0.3 is 0 Å². The molecule has 0 aliphatic heterocycles. The molecule has 1 atom stereocenters. The fourth-order valence-corrected chi connectivity index (χ4v) is 2.25. The fourth-order valence-electron chi connectivity index (χ4n) is 1.89. The lowest BCUT2D eigenvalue weighted by atomic mass is 9.99. The molecule has 0 bridgehead atoms. The van der Waals surface area contributed by atoms with Crippen LogP contribution in [0.15, 0.2) is 22.7 Å². The average molecular weight is 300 g/mol. The van der Waals surface area contributed by atoms with Crippen molar-refractivity contribution in [1.82, 2.24) is 0 Å². The SMILES string of the molecule is COC(C)(C)CC(C)Nc1cc(C)ccc1Br. The van der Waals surface area contributed by atoms with Crippen LogP contribution in [0.1, 0.15) is 32.8 Å². The smallest absolute Gasteiger partial charge is 0.0642 e. The third kappa shape index (κ3) is 4.68. The van der Waals surface area contributed by atoms with Crippen molar-refractivity contribution < 1.29 is 4.74 Å². The van der Waals surface area contributed by atoms with Gasteiger partial charge in [0.25, 0.3) is 0 Å². The summed E-state index contributed by atoms with van der Waals surface area (Å²) < 4.78 is 6.55. The van der Waals surface area contributed by atoms with Crippen LogP contribution >= 0.6 is 15.9 Å². The molecule has 0 aliphatic carbocycles. The van der Waals surface area contributed by atoms with E-state index in [4.69, 9.17) is 4.74 Å². The average Bonchev–Trinajstić information content (AvgIpc) is 2.23. The Bertz CT molecular complexity index is 376. The number of methoxy groups -OCH3 is 1. The third-order valence-corrected chi connectivity index (χ3v) is 3.57. The fraction of sp³-hybridized carbons (Fsp3) is 0.571. The molecule has 0 spiro atoms. The summed E-state index contributed by atoms with van der Waals surface area (Å²) in [6.45, 7) is 8.49. The number of ether oxygens (including phenoxy) is 1. The van der Waals surface area contributed by atoms with E-state index in [1.165, 1.54) is 5.56 Å². The summed E-state index contributed by atoms with van der Waals surface area (Å²) in [5.74, 6) is 0. The van der Waals surface area contributed by atoms with Gasteiger partial charge in [-0.25, -0.2) is 0 Å². The molecule has 0 radical (unpaired) electrons. The minimum Gasteiger partial charge on any atom is -0.382 e. The van der Waals surface area contributed by atoms with Crippen molar-refractivity contribution in [1.29, 1.82) is 0 Å². The van der Waals surface area contributed by atoms with Crippen LogP contribution < -0.4 is 5.32 Å². The normalized spacial score (nSPS) is 13.5. The van der Waals surface area contributed by atoms with Crippen molar-refractivity contribution in [2.24, 2.45) is 0 Å². The monoisotopic (exact) mass is 299 g/mol. The topological polar surface area (TPSA) is 21.3 Å². The summed E-state index contributed by atoms with van der Waals surface area (Å²) in [6, 6.07) is 6.69. The highest BCUT2D eigenvalue weighted by atomic mass is 79.9. The first-order chi connectivity index (χ1) is 7.84. The zero-order chi connectivity index (χ0) is 13.1. The minimum absolute atomic E-state index is 0.0945. The van der Waals surface area contributed by atoms with Crippen LogP contribution in [0.3, 0.4) is 0 Å². The number of hydrogen-bond donors (Lipinski definition) is 1. The molecular formula is C14H22BrNO. The standard InChI is InChI=1S/C14H22BrNO/c1-10-6-7-12(15)13(8-10)16-11(2)9-14(3,4)17-5/h6-8,11,16H,9H2,1-5H3. The first-order valence-electron chi connectivity index (χ1n) is 5.92. The number of rotatable bonds is 5. The maximum absolute atomic E-state index is 5.45. The van der Waals surface area contributed by atoms with Crippen molar-refractivity contribution >= 4 is 21.6 Å². The summed E-state index contributed by atoms with van der Waals surface area (Å²) in [5.41, 5.74) is 2.31. The van der Waals surface area contributed by atoms with E-state index in [2.05, 4.69) is 67.1 Å². The van der Waals surface area contributed by atoms with Crippen molar-refractivity contribution in [2.75, 3.05) is 12.4 Å². The van der Waals surface area contributed by atoms with Gasteiger partial charge in [-0.1, -0.05) is 6.07 Å². The minimum atomic E-state index is -0.0945. The predicted molar refractivity (Wildman–Crippen MR) is 77.7 cm³/mol. The summed E-state index contributed by atoms with van der Waals surface area (Å²) in [6.07, 6.45) is 0.962. The molecule has 2 nitrogen and oxygen atoms in total. The number of nitrogens with one attached hydrogen (secondary N) is 1. The van der Waals surface area contributed by atoms with Crippen LogP contribution in [0, 0.1) is 6.92 Å². The Kier molecular flexibility index (Phi) is 5.02. The Balaban J connectivity index is 2.68. The largest absolute Gasteiger partial charge is 0.382 e. The molecule has 1 unspecified atom stereocenters. The molecule has 1 rings (SSSR count). The van der Waals surface area contributed by atoms with Gasteiger partial charge in [-0.3, -0.25) is 0 Å². The van der Waals surface area contributed by atoms with Crippen LogP contribution in [-0.2, 0) is 4.74 Å². The summed E-state index contributed by atoms with van der Waals surface area (Å²) in [4.78, 5) is 0. The number of aryl methyl sites for hydroxylation is 1. The van der Waals surface area contributed by atoms with Gasteiger partial charge in [0, 0.05) is 23.3 Å². The van der Waals surface area contributed by atoms with Crippen LogP contribution in [0.2, 0.25) is 0 Å². The van der Waals surface area contributed by atoms with Gasteiger partial charge in [0.05, 0.1) is 5.60 Å². The highest BCUT2D eigenvalue weighted by molar-refractivity contribution is 9.10. The molecule has 1 aromatic rings. The molecule has 3 heteroatoms. The molecule has 0 saturated carbocycles. The van der Waals surface area contributed by atoms with Gasteiger partial charge in [0.1, 0.15) is 0 Å². The van der Waals surface area contributed by atoms with E-state index >= 15 is 0 Å². The molecule has 0 saturated heterocycles. The molecule has 1 aromatic carbocycles. The highest BCUT2D eigenvalue weighted by Gasteiger charge is 2.20. The van der Waals surface area contributed by atoms with Crippen LogP contribution in [0.25, 0.3) is 0 Å². The molecule has 0 aromatic heterocycles. The van der Waals surface area contributed by atoms with Gasteiger partial charge in [0.15, 0.2) is 0 Å². The molecule has 0 aliphatic rings. The zero-order valence-electron chi connectivity index (χ0n) is 11.3.